The Hall–Kier alpha value is -1.37. The van der Waals surface area contributed by atoms with Crippen LogP contribution in [0, 0.1) is 16.7 Å². The molecule has 20 heavy (non-hydrogen) atoms. The van der Waals surface area contributed by atoms with Gasteiger partial charge in [0.2, 0.25) is 0 Å². The summed E-state index contributed by atoms with van der Waals surface area (Å²) in [6, 6.07) is 10.6. The smallest absolute Gasteiger partial charge is 0.0942 e. The highest BCUT2D eigenvalue weighted by Gasteiger charge is 2.55. The minimum absolute atomic E-state index is 0.0719. The molecular formula is C17H21NO2. The predicted octanol–water partition coefficient (Wildman–Crippen LogP) is 2.62. The zero-order valence-corrected chi connectivity index (χ0v) is 11.9. The minimum Gasteiger partial charge on any atom is -0.388 e. The van der Waals surface area contributed by atoms with Crippen molar-refractivity contribution in [3.05, 3.63) is 35.4 Å². The molecule has 3 rings (SSSR count). The van der Waals surface area contributed by atoms with Gasteiger partial charge in [-0.15, -0.1) is 0 Å². The number of hydrogen-bond donors (Lipinski definition) is 1. The lowest BCUT2D eigenvalue weighted by Crippen LogP contribution is -2.53. The molecule has 1 aliphatic heterocycles. The number of hydrogen-bond acceptors (Lipinski definition) is 3. The standard InChI is InChI=1S/C17H21NO2/c1-2-15-11-17(19,7-8-20-15)16(12-18)9-13-5-3-4-6-14(13)10-16/h3-6,15,19H,2,7-11H2,1H3. The quantitative estimate of drug-likeness (QED) is 0.899. The Kier molecular flexibility index (Phi) is 3.32. The molecule has 1 N–H and O–H groups in total. The third kappa shape index (κ3) is 1.95. The van der Waals surface area contributed by atoms with Crippen molar-refractivity contribution in [2.45, 2.75) is 50.7 Å². The molecule has 2 atom stereocenters. The Labute approximate surface area is 120 Å². The normalized spacial score (nSPS) is 31.6. The highest BCUT2D eigenvalue weighted by molar-refractivity contribution is 5.39. The summed E-state index contributed by atoms with van der Waals surface area (Å²) in [5, 5.41) is 21.0. The van der Waals surface area contributed by atoms with Crippen LogP contribution in [0.25, 0.3) is 0 Å². The van der Waals surface area contributed by atoms with Gasteiger partial charge in [-0.25, -0.2) is 0 Å². The second-order valence-electron chi connectivity index (χ2n) is 6.20. The molecule has 1 aromatic rings. The molecule has 1 fully saturated rings. The number of aliphatic hydroxyl groups is 1. The molecule has 2 aliphatic rings. The lowest BCUT2D eigenvalue weighted by molar-refractivity contribution is -0.150. The summed E-state index contributed by atoms with van der Waals surface area (Å²) in [6.07, 6.45) is 3.41. The minimum atomic E-state index is -0.931. The Morgan fingerprint density at radius 2 is 2.00 bits per heavy atom. The monoisotopic (exact) mass is 271 g/mol. The van der Waals surface area contributed by atoms with E-state index in [4.69, 9.17) is 4.74 Å². The van der Waals surface area contributed by atoms with E-state index in [0.29, 0.717) is 32.3 Å². The third-order valence-electron chi connectivity index (χ3n) is 5.10. The van der Waals surface area contributed by atoms with Crippen molar-refractivity contribution in [3.63, 3.8) is 0 Å². The summed E-state index contributed by atoms with van der Waals surface area (Å²) < 4.78 is 5.68. The van der Waals surface area contributed by atoms with E-state index in [1.54, 1.807) is 0 Å². The summed E-state index contributed by atoms with van der Waals surface area (Å²) in [4.78, 5) is 0. The fourth-order valence-corrected chi connectivity index (χ4v) is 3.76. The van der Waals surface area contributed by atoms with Crippen molar-refractivity contribution in [2.24, 2.45) is 5.41 Å². The topological polar surface area (TPSA) is 53.2 Å². The fourth-order valence-electron chi connectivity index (χ4n) is 3.76. The number of benzene rings is 1. The zero-order valence-electron chi connectivity index (χ0n) is 11.9. The third-order valence-corrected chi connectivity index (χ3v) is 5.10. The average molecular weight is 271 g/mol. The van der Waals surface area contributed by atoms with Crippen LogP contribution in [-0.2, 0) is 17.6 Å². The second-order valence-corrected chi connectivity index (χ2v) is 6.20. The zero-order chi connectivity index (χ0) is 14.2. The lowest BCUT2D eigenvalue weighted by Gasteiger charge is -2.45. The van der Waals surface area contributed by atoms with Crippen LogP contribution in [0.1, 0.15) is 37.3 Å². The van der Waals surface area contributed by atoms with E-state index in [9.17, 15) is 10.4 Å². The Balaban J connectivity index is 1.93. The number of fused-ring (bicyclic) bond motifs is 1. The summed E-state index contributed by atoms with van der Waals surface area (Å²) in [7, 11) is 0. The first kappa shape index (κ1) is 13.6. The van der Waals surface area contributed by atoms with Gasteiger partial charge in [0, 0.05) is 19.4 Å². The first-order chi connectivity index (χ1) is 9.62. The highest BCUT2D eigenvalue weighted by atomic mass is 16.5. The van der Waals surface area contributed by atoms with Gasteiger partial charge in [0.05, 0.1) is 23.2 Å². The molecule has 0 amide bonds. The molecule has 0 radical (unpaired) electrons. The maximum atomic E-state index is 11.2. The first-order valence-electron chi connectivity index (χ1n) is 7.44. The van der Waals surface area contributed by atoms with Crippen molar-refractivity contribution in [2.75, 3.05) is 6.61 Å². The molecule has 2 unspecified atom stereocenters. The van der Waals surface area contributed by atoms with Gasteiger partial charge in [-0.2, -0.15) is 5.26 Å². The number of ether oxygens (including phenoxy) is 1. The van der Waals surface area contributed by atoms with Gasteiger partial charge in [-0.3, -0.25) is 0 Å². The van der Waals surface area contributed by atoms with E-state index in [1.807, 2.05) is 12.1 Å². The lowest BCUT2D eigenvalue weighted by atomic mass is 9.65. The molecule has 1 aromatic carbocycles. The van der Waals surface area contributed by atoms with Crippen molar-refractivity contribution >= 4 is 0 Å². The maximum Gasteiger partial charge on any atom is 0.0942 e. The largest absolute Gasteiger partial charge is 0.388 e. The van der Waals surface area contributed by atoms with Crippen LogP contribution in [0.15, 0.2) is 24.3 Å². The molecule has 0 saturated carbocycles. The summed E-state index contributed by atoms with van der Waals surface area (Å²) in [6.45, 7) is 2.62. The van der Waals surface area contributed by atoms with E-state index in [0.717, 1.165) is 6.42 Å². The number of rotatable bonds is 2. The van der Waals surface area contributed by atoms with Crippen LogP contribution in [-0.4, -0.2) is 23.4 Å². The van der Waals surface area contributed by atoms with Crippen molar-refractivity contribution in [3.8, 4) is 6.07 Å². The van der Waals surface area contributed by atoms with Gasteiger partial charge in [0.1, 0.15) is 0 Å². The van der Waals surface area contributed by atoms with Crippen molar-refractivity contribution < 1.29 is 9.84 Å². The predicted molar refractivity (Wildman–Crippen MR) is 76.1 cm³/mol. The summed E-state index contributed by atoms with van der Waals surface area (Å²) in [5.74, 6) is 0. The van der Waals surface area contributed by atoms with Crippen LogP contribution < -0.4 is 0 Å². The van der Waals surface area contributed by atoms with E-state index in [-0.39, 0.29) is 6.10 Å². The molecule has 0 aromatic heterocycles. The Morgan fingerprint density at radius 3 is 2.55 bits per heavy atom. The molecule has 3 heteroatoms. The van der Waals surface area contributed by atoms with Gasteiger partial charge < -0.3 is 9.84 Å². The molecule has 1 saturated heterocycles. The van der Waals surface area contributed by atoms with Crippen LogP contribution in [0.4, 0.5) is 0 Å². The first-order valence-corrected chi connectivity index (χ1v) is 7.44. The molecule has 1 heterocycles. The SMILES string of the molecule is CCC1CC(O)(C2(C#N)Cc3ccccc3C2)CCO1. The molecule has 0 bridgehead atoms. The maximum absolute atomic E-state index is 11.2. The molecular weight excluding hydrogens is 250 g/mol. The van der Waals surface area contributed by atoms with Crippen molar-refractivity contribution in [1.29, 1.82) is 5.26 Å². The van der Waals surface area contributed by atoms with Crippen LogP contribution in [0.2, 0.25) is 0 Å². The Bertz CT molecular complexity index is 523. The van der Waals surface area contributed by atoms with Crippen molar-refractivity contribution in [1.82, 2.24) is 0 Å². The van der Waals surface area contributed by atoms with Gasteiger partial charge in [0.15, 0.2) is 0 Å². The molecule has 1 aliphatic carbocycles. The average Bonchev–Trinajstić information content (AvgIpc) is 2.87. The van der Waals surface area contributed by atoms with E-state index >= 15 is 0 Å². The van der Waals surface area contributed by atoms with Crippen LogP contribution in [0.5, 0.6) is 0 Å². The van der Waals surface area contributed by atoms with Gasteiger partial charge in [0.25, 0.3) is 0 Å². The second kappa shape index (κ2) is 4.87. The van der Waals surface area contributed by atoms with Gasteiger partial charge in [-0.1, -0.05) is 31.2 Å². The fraction of sp³-hybridized carbons (Fsp3) is 0.588. The molecule has 0 spiro atoms. The number of nitriles is 1. The highest BCUT2D eigenvalue weighted by Crippen LogP contribution is 2.49. The van der Waals surface area contributed by atoms with Gasteiger partial charge in [-0.05, 0) is 30.4 Å². The Morgan fingerprint density at radius 1 is 1.35 bits per heavy atom. The summed E-state index contributed by atoms with van der Waals surface area (Å²) >= 11 is 0. The van der Waals surface area contributed by atoms with Crippen LogP contribution in [0.3, 0.4) is 0 Å². The molecule has 106 valence electrons. The van der Waals surface area contributed by atoms with E-state index < -0.39 is 11.0 Å². The van der Waals surface area contributed by atoms with E-state index in [1.165, 1.54) is 11.1 Å². The summed E-state index contributed by atoms with van der Waals surface area (Å²) in [5.41, 5.74) is 0.803. The van der Waals surface area contributed by atoms with Crippen LogP contribution >= 0.6 is 0 Å². The number of nitrogens with zero attached hydrogens (tertiary/aromatic N) is 1. The molecule has 3 nitrogen and oxygen atoms in total. The van der Waals surface area contributed by atoms with E-state index in [2.05, 4.69) is 25.1 Å². The van der Waals surface area contributed by atoms with Gasteiger partial charge >= 0.3 is 0 Å².